The maximum Gasteiger partial charge on any atom is 0.321 e. The molecule has 0 saturated carbocycles. The summed E-state index contributed by atoms with van der Waals surface area (Å²) in [5, 5.41) is 9.94. The third-order valence-corrected chi connectivity index (χ3v) is 4.30. The van der Waals surface area contributed by atoms with E-state index in [2.05, 4.69) is 0 Å². The number of hydrogen-bond donors (Lipinski definition) is 1. The number of rotatable bonds is 2. The molecule has 0 spiro atoms. The van der Waals surface area contributed by atoms with Gasteiger partial charge in [0, 0.05) is 12.0 Å². The van der Waals surface area contributed by atoms with E-state index in [1.54, 1.807) is 18.2 Å². The van der Waals surface area contributed by atoms with Crippen molar-refractivity contribution in [1.29, 1.82) is 0 Å². The van der Waals surface area contributed by atoms with Crippen molar-refractivity contribution in [3.8, 4) is 11.5 Å². The Morgan fingerprint density at radius 2 is 1.87 bits per heavy atom. The Morgan fingerprint density at radius 3 is 2.52 bits per heavy atom. The number of phenolic OH excluding ortho intramolecular Hbond substituents is 1. The van der Waals surface area contributed by atoms with Crippen LogP contribution in [0, 0.1) is 0 Å². The Kier molecular flexibility index (Phi) is 3.55. The van der Waals surface area contributed by atoms with E-state index in [4.69, 9.17) is 9.47 Å². The van der Waals surface area contributed by atoms with Gasteiger partial charge in [-0.3, -0.25) is 4.79 Å². The van der Waals surface area contributed by atoms with Gasteiger partial charge in [0.1, 0.15) is 22.5 Å². The van der Waals surface area contributed by atoms with Gasteiger partial charge in [-0.05, 0) is 37.6 Å². The maximum absolute atomic E-state index is 12.9. The SMILES string of the molecule is COC(=O)C1(c2ccccc2)CC(C)(C)Oc2ccc(O)cc21. The first kappa shape index (κ1) is 15.4. The molecule has 120 valence electrons. The first-order chi connectivity index (χ1) is 10.9. The predicted molar refractivity (Wildman–Crippen MR) is 86.7 cm³/mol. The number of esters is 1. The molecular formula is C19H20O4. The zero-order chi connectivity index (χ0) is 16.7. The van der Waals surface area contributed by atoms with Crippen molar-refractivity contribution in [2.45, 2.75) is 31.3 Å². The molecule has 1 atom stereocenters. The Hall–Kier alpha value is -2.49. The van der Waals surface area contributed by atoms with Crippen LogP contribution in [0.5, 0.6) is 11.5 Å². The van der Waals surface area contributed by atoms with E-state index in [0.29, 0.717) is 17.7 Å². The molecule has 1 aliphatic rings. The largest absolute Gasteiger partial charge is 0.508 e. The molecule has 1 aliphatic heterocycles. The number of aromatic hydroxyl groups is 1. The number of benzene rings is 2. The summed E-state index contributed by atoms with van der Waals surface area (Å²) >= 11 is 0. The lowest BCUT2D eigenvalue weighted by molar-refractivity contribution is -0.149. The van der Waals surface area contributed by atoms with Gasteiger partial charge in [-0.15, -0.1) is 0 Å². The van der Waals surface area contributed by atoms with Gasteiger partial charge >= 0.3 is 5.97 Å². The van der Waals surface area contributed by atoms with Gasteiger partial charge in [0.05, 0.1) is 7.11 Å². The van der Waals surface area contributed by atoms with Crippen LogP contribution in [0.2, 0.25) is 0 Å². The fourth-order valence-electron chi connectivity index (χ4n) is 3.46. The van der Waals surface area contributed by atoms with Crippen molar-refractivity contribution < 1.29 is 19.4 Å². The van der Waals surface area contributed by atoms with Crippen LogP contribution in [0.3, 0.4) is 0 Å². The molecular weight excluding hydrogens is 292 g/mol. The highest BCUT2D eigenvalue weighted by atomic mass is 16.5. The zero-order valence-corrected chi connectivity index (χ0v) is 13.5. The van der Waals surface area contributed by atoms with Crippen LogP contribution in [-0.4, -0.2) is 23.8 Å². The highest BCUT2D eigenvalue weighted by Crippen LogP contribution is 2.50. The number of hydrogen-bond acceptors (Lipinski definition) is 4. The van der Waals surface area contributed by atoms with Crippen molar-refractivity contribution >= 4 is 5.97 Å². The molecule has 0 saturated heterocycles. The minimum atomic E-state index is -1.01. The molecule has 1 N–H and O–H groups in total. The van der Waals surface area contributed by atoms with Crippen LogP contribution < -0.4 is 4.74 Å². The Labute approximate surface area is 135 Å². The first-order valence-electron chi connectivity index (χ1n) is 7.55. The summed E-state index contributed by atoms with van der Waals surface area (Å²) in [6.45, 7) is 3.90. The van der Waals surface area contributed by atoms with Crippen molar-refractivity contribution in [2.75, 3.05) is 7.11 Å². The molecule has 0 aliphatic carbocycles. The molecule has 23 heavy (non-hydrogen) atoms. The van der Waals surface area contributed by atoms with E-state index >= 15 is 0 Å². The molecule has 1 unspecified atom stereocenters. The van der Waals surface area contributed by atoms with Crippen molar-refractivity contribution in [3.05, 3.63) is 59.7 Å². The lowest BCUT2D eigenvalue weighted by Gasteiger charge is -2.44. The van der Waals surface area contributed by atoms with E-state index in [-0.39, 0.29) is 11.7 Å². The van der Waals surface area contributed by atoms with Crippen LogP contribution in [0.4, 0.5) is 0 Å². The first-order valence-corrected chi connectivity index (χ1v) is 7.55. The van der Waals surface area contributed by atoms with Gasteiger partial charge in [-0.2, -0.15) is 0 Å². The van der Waals surface area contributed by atoms with Crippen LogP contribution >= 0.6 is 0 Å². The standard InChI is InChI=1S/C19H20O4/c1-18(2)12-19(17(21)22-3,13-7-5-4-6-8-13)15-11-14(20)9-10-16(15)23-18/h4-11,20H,12H2,1-3H3. The highest BCUT2D eigenvalue weighted by Gasteiger charge is 2.52. The van der Waals surface area contributed by atoms with E-state index in [9.17, 15) is 9.90 Å². The summed E-state index contributed by atoms with van der Waals surface area (Å²) in [6, 6.07) is 14.4. The summed E-state index contributed by atoms with van der Waals surface area (Å²) in [5.74, 6) is 0.330. The molecule has 0 aromatic heterocycles. The molecule has 0 radical (unpaired) electrons. The maximum atomic E-state index is 12.9. The summed E-state index contributed by atoms with van der Waals surface area (Å²) in [7, 11) is 1.39. The third kappa shape index (κ3) is 2.44. The van der Waals surface area contributed by atoms with Gasteiger partial charge in [-0.1, -0.05) is 30.3 Å². The summed E-state index contributed by atoms with van der Waals surface area (Å²) < 4.78 is 11.2. The molecule has 3 rings (SSSR count). The Morgan fingerprint density at radius 1 is 1.17 bits per heavy atom. The second kappa shape index (κ2) is 5.30. The van der Waals surface area contributed by atoms with E-state index in [0.717, 1.165) is 5.56 Å². The number of ether oxygens (including phenoxy) is 2. The predicted octanol–water partition coefficient (Wildman–Crippen LogP) is 3.41. The fraction of sp³-hybridized carbons (Fsp3) is 0.316. The number of methoxy groups -OCH3 is 1. The van der Waals surface area contributed by atoms with Crippen LogP contribution in [-0.2, 0) is 14.9 Å². The summed E-state index contributed by atoms with van der Waals surface area (Å²) in [5.41, 5.74) is -0.0928. The van der Waals surface area contributed by atoms with Gasteiger partial charge in [-0.25, -0.2) is 0 Å². The van der Waals surface area contributed by atoms with Crippen LogP contribution in [0.25, 0.3) is 0 Å². The van der Waals surface area contributed by atoms with Gasteiger partial charge in [0.15, 0.2) is 0 Å². The molecule has 2 aromatic carbocycles. The van der Waals surface area contributed by atoms with Gasteiger partial charge in [0.25, 0.3) is 0 Å². The van der Waals surface area contributed by atoms with E-state index in [1.165, 1.54) is 7.11 Å². The topological polar surface area (TPSA) is 55.8 Å². The van der Waals surface area contributed by atoms with Crippen LogP contribution in [0.1, 0.15) is 31.4 Å². The molecule has 1 heterocycles. The lowest BCUT2D eigenvalue weighted by Crippen LogP contribution is -2.50. The fourth-order valence-corrected chi connectivity index (χ4v) is 3.46. The molecule has 0 fully saturated rings. The second-order valence-corrected chi connectivity index (χ2v) is 6.48. The molecule has 0 amide bonds. The monoisotopic (exact) mass is 312 g/mol. The van der Waals surface area contributed by atoms with E-state index in [1.807, 2.05) is 44.2 Å². The number of carbonyl (C=O) groups excluding carboxylic acids is 1. The Bertz CT molecular complexity index is 736. The normalized spacial score (nSPS) is 21.9. The van der Waals surface area contributed by atoms with Gasteiger partial charge < -0.3 is 14.6 Å². The number of fused-ring (bicyclic) bond motifs is 1. The second-order valence-electron chi connectivity index (χ2n) is 6.48. The van der Waals surface area contributed by atoms with E-state index < -0.39 is 11.0 Å². The smallest absolute Gasteiger partial charge is 0.321 e. The molecule has 0 bridgehead atoms. The van der Waals surface area contributed by atoms with Gasteiger partial charge in [0.2, 0.25) is 0 Å². The van der Waals surface area contributed by atoms with Crippen molar-refractivity contribution in [2.24, 2.45) is 0 Å². The number of phenols is 1. The number of carbonyl (C=O) groups is 1. The highest BCUT2D eigenvalue weighted by molar-refractivity contribution is 5.89. The summed E-state index contributed by atoms with van der Waals surface area (Å²) in [6.07, 6.45) is 0.424. The average molecular weight is 312 g/mol. The Balaban J connectivity index is 2.35. The van der Waals surface area contributed by atoms with Crippen LogP contribution in [0.15, 0.2) is 48.5 Å². The molecule has 2 aromatic rings. The average Bonchev–Trinajstić information content (AvgIpc) is 2.54. The van der Waals surface area contributed by atoms with Crippen molar-refractivity contribution in [3.63, 3.8) is 0 Å². The minimum Gasteiger partial charge on any atom is -0.508 e. The quantitative estimate of drug-likeness (QED) is 0.863. The third-order valence-electron chi connectivity index (χ3n) is 4.30. The molecule has 4 nitrogen and oxygen atoms in total. The lowest BCUT2D eigenvalue weighted by atomic mass is 9.66. The zero-order valence-electron chi connectivity index (χ0n) is 13.5. The molecule has 4 heteroatoms. The van der Waals surface area contributed by atoms with Crippen molar-refractivity contribution in [1.82, 2.24) is 0 Å². The minimum absolute atomic E-state index is 0.0938. The summed E-state index contributed by atoms with van der Waals surface area (Å²) in [4.78, 5) is 12.9.